The van der Waals surface area contributed by atoms with E-state index in [1.165, 1.54) is 0 Å². The summed E-state index contributed by atoms with van der Waals surface area (Å²) in [5.74, 6) is 0.639. The van der Waals surface area contributed by atoms with Gasteiger partial charge in [-0.2, -0.15) is 0 Å². The first-order chi connectivity index (χ1) is 12.2. The zero-order valence-corrected chi connectivity index (χ0v) is 14.4. The fourth-order valence-electron chi connectivity index (χ4n) is 2.38. The highest BCUT2D eigenvalue weighted by molar-refractivity contribution is 5.92. The zero-order chi connectivity index (χ0) is 17.9. The van der Waals surface area contributed by atoms with Crippen LogP contribution in [0.25, 0.3) is 0 Å². The summed E-state index contributed by atoms with van der Waals surface area (Å²) >= 11 is 0. The van der Waals surface area contributed by atoms with Crippen molar-refractivity contribution in [3.05, 3.63) is 85.5 Å². The molecule has 0 unspecified atom stereocenters. The van der Waals surface area contributed by atoms with E-state index in [2.05, 4.69) is 18.5 Å². The molecular weight excluding hydrogens is 312 g/mol. The number of hydrogen-bond acceptors (Lipinski definition) is 3. The molecule has 0 aromatic heterocycles. The third-order valence-corrected chi connectivity index (χ3v) is 3.51. The smallest absolute Gasteiger partial charge is 0.238 e. The summed E-state index contributed by atoms with van der Waals surface area (Å²) in [5.41, 5.74) is 1.81. The molecule has 0 atom stereocenters. The number of carbonyl (C=O) groups is 1. The predicted molar refractivity (Wildman–Crippen MR) is 103 cm³/mol. The molecular formula is C21H24N2O2. The highest BCUT2D eigenvalue weighted by Crippen LogP contribution is 2.18. The van der Waals surface area contributed by atoms with E-state index in [0.29, 0.717) is 25.4 Å². The van der Waals surface area contributed by atoms with Crippen LogP contribution >= 0.6 is 0 Å². The van der Waals surface area contributed by atoms with Crippen molar-refractivity contribution in [1.29, 1.82) is 0 Å². The van der Waals surface area contributed by atoms with Gasteiger partial charge >= 0.3 is 0 Å². The molecule has 0 aliphatic carbocycles. The Labute approximate surface area is 149 Å². The van der Waals surface area contributed by atoms with Crippen LogP contribution in [0.1, 0.15) is 5.56 Å². The third-order valence-electron chi connectivity index (χ3n) is 3.51. The summed E-state index contributed by atoms with van der Waals surface area (Å²) in [6.07, 6.45) is 3.55. The second-order valence-corrected chi connectivity index (χ2v) is 5.62. The standard InChI is InChI=1S/C21H24N2O2/c1-3-13-23(14-4-2)16-21(24)22-19-11-8-12-20(15-19)25-17-18-9-6-5-7-10-18/h3-12,15H,1-2,13-14,16-17H2,(H,22,24). The van der Waals surface area contributed by atoms with Crippen molar-refractivity contribution >= 4 is 11.6 Å². The normalized spacial score (nSPS) is 10.3. The van der Waals surface area contributed by atoms with Crippen molar-refractivity contribution in [2.45, 2.75) is 6.61 Å². The summed E-state index contributed by atoms with van der Waals surface area (Å²) in [6.45, 7) is 9.47. The monoisotopic (exact) mass is 336 g/mol. The van der Waals surface area contributed by atoms with E-state index in [-0.39, 0.29) is 12.5 Å². The van der Waals surface area contributed by atoms with Gasteiger partial charge in [-0.3, -0.25) is 9.69 Å². The maximum Gasteiger partial charge on any atom is 0.238 e. The molecule has 2 aromatic rings. The van der Waals surface area contributed by atoms with E-state index in [9.17, 15) is 4.79 Å². The molecule has 0 saturated carbocycles. The Kier molecular flexibility index (Phi) is 7.47. The molecule has 1 amide bonds. The van der Waals surface area contributed by atoms with Crippen LogP contribution in [0.4, 0.5) is 5.69 Å². The molecule has 25 heavy (non-hydrogen) atoms. The highest BCUT2D eigenvalue weighted by Gasteiger charge is 2.09. The van der Waals surface area contributed by atoms with Crippen LogP contribution in [0.2, 0.25) is 0 Å². The average molecular weight is 336 g/mol. The van der Waals surface area contributed by atoms with Crippen molar-refractivity contribution < 1.29 is 9.53 Å². The SMILES string of the molecule is C=CCN(CC=C)CC(=O)Nc1cccc(OCc2ccccc2)c1. The summed E-state index contributed by atoms with van der Waals surface area (Å²) < 4.78 is 5.78. The Hall–Kier alpha value is -2.85. The predicted octanol–water partition coefficient (Wildman–Crippen LogP) is 3.88. The molecule has 0 heterocycles. The second-order valence-electron chi connectivity index (χ2n) is 5.62. The lowest BCUT2D eigenvalue weighted by Crippen LogP contribution is -2.33. The van der Waals surface area contributed by atoms with Gasteiger partial charge in [0.05, 0.1) is 6.54 Å². The van der Waals surface area contributed by atoms with Crippen LogP contribution in [-0.2, 0) is 11.4 Å². The first-order valence-electron chi connectivity index (χ1n) is 8.22. The molecule has 4 heteroatoms. The molecule has 0 bridgehead atoms. The van der Waals surface area contributed by atoms with Crippen LogP contribution in [0, 0.1) is 0 Å². The van der Waals surface area contributed by atoms with Gasteiger partial charge in [-0.05, 0) is 17.7 Å². The number of nitrogens with zero attached hydrogens (tertiary/aromatic N) is 1. The second kappa shape index (κ2) is 10.1. The van der Waals surface area contributed by atoms with Crippen molar-refractivity contribution in [2.75, 3.05) is 25.0 Å². The Morgan fingerprint density at radius 2 is 1.76 bits per heavy atom. The van der Waals surface area contributed by atoms with E-state index in [1.807, 2.05) is 59.5 Å². The third kappa shape index (κ3) is 6.65. The Morgan fingerprint density at radius 1 is 1.04 bits per heavy atom. The molecule has 130 valence electrons. The number of ether oxygens (including phenoxy) is 1. The number of rotatable bonds is 10. The fraction of sp³-hybridized carbons (Fsp3) is 0.190. The van der Waals surface area contributed by atoms with Crippen LogP contribution in [0.5, 0.6) is 5.75 Å². The molecule has 1 N–H and O–H groups in total. The summed E-state index contributed by atoms with van der Waals surface area (Å²) in [4.78, 5) is 14.2. The van der Waals surface area contributed by atoms with Crippen LogP contribution in [0.3, 0.4) is 0 Å². The lowest BCUT2D eigenvalue weighted by molar-refractivity contribution is -0.117. The van der Waals surface area contributed by atoms with E-state index in [4.69, 9.17) is 4.74 Å². The van der Waals surface area contributed by atoms with Crippen LogP contribution in [0.15, 0.2) is 79.9 Å². The average Bonchev–Trinajstić information content (AvgIpc) is 2.61. The number of hydrogen-bond donors (Lipinski definition) is 1. The van der Waals surface area contributed by atoms with Gasteiger partial charge in [0.2, 0.25) is 5.91 Å². The van der Waals surface area contributed by atoms with E-state index in [1.54, 1.807) is 12.2 Å². The van der Waals surface area contributed by atoms with E-state index >= 15 is 0 Å². The minimum absolute atomic E-state index is 0.0797. The highest BCUT2D eigenvalue weighted by atomic mass is 16.5. The van der Waals surface area contributed by atoms with Crippen molar-refractivity contribution in [1.82, 2.24) is 4.90 Å². The summed E-state index contributed by atoms with van der Waals surface area (Å²) in [5, 5.41) is 2.90. The van der Waals surface area contributed by atoms with Crippen molar-refractivity contribution in [3.8, 4) is 5.75 Å². The Balaban J connectivity index is 1.90. The van der Waals surface area contributed by atoms with Crippen molar-refractivity contribution in [2.24, 2.45) is 0 Å². The van der Waals surface area contributed by atoms with Crippen LogP contribution in [-0.4, -0.2) is 30.4 Å². The quantitative estimate of drug-likeness (QED) is 0.670. The van der Waals surface area contributed by atoms with Crippen molar-refractivity contribution in [3.63, 3.8) is 0 Å². The maximum absolute atomic E-state index is 12.2. The first kappa shape index (κ1) is 18.5. The molecule has 2 aromatic carbocycles. The molecule has 0 radical (unpaired) electrons. The topological polar surface area (TPSA) is 41.6 Å². The van der Waals surface area contributed by atoms with Gasteiger partial charge in [-0.1, -0.05) is 48.6 Å². The minimum Gasteiger partial charge on any atom is -0.489 e. The molecule has 4 nitrogen and oxygen atoms in total. The van der Waals surface area contributed by atoms with Gasteiger partial charge < -0.3 is 10.1 Å². The summed E-state index contributed by atoms with van der Waals surface area (Å²) in [6, 6.07) is 17.4. The molecule has 0 spiro atoms. The lowest BCUT2D eigenvalue weighted by Gasteiger charge is -2.18. The Morgan fingerprint density at radius 3 is 2.44 bits per heavy atom. The van der Waals surface area contributed by atoms with Gasteiger partial charge in [-0.25, -0.2) is 0 Å². The van der Waals surface area contributed by atoms with Gasteiger partial charge in [-0.15, -0.1) is 13.2 Å². The molecule has 0 fully saturated rings. The number of carbonyl (C=O) groups excluding carboxylic acids is 1. The summed E-state index contributed by atoms with van der Waals surface area (Å²) in [7, 11) is 0. The Bertz CT molecular complexity index is 688. The number of benzene rings is 2. The van der Waals surface area contributed by atoms with E-state index < -0.39 is 0 Å². The first-order valence-corrected chi connectivity index (χ1v) is 8.22. The van der Waals surface area contributed by atoms with Gasteiger partial charge in [0.25, 0.3) is 0 Å². The zero-order valence-electron chi connectivity index (χ0n) is 14.4. The fourth-order valence-corrected chi connectivity index (χ4v) is 2.38. The maximum atomic E-state index is 12.2. The molecule has 0 aliphatic heterocycles. The minimum atomic E-state index is -0.0797. The molecule has 2 rings (SSSR count). The molecule has 0 aliphatic rings. The van der Waals surface area contributed by atoms with Gasteiger partial charge in [0.15, 0.2) is 0 Å². The van der Waals surface area contributed by atoms with Crippen LogP contribution < -0.4 is 10.1 Å². The largest absolute Gasteiger partial charge is 0.489 e. The van der Waals surface area contributed by atoms with Gasteiger partial charge in [0.1, 0.15) is 12.4 Å². The number of nitrogens with one attached hydrogen (secondary N) is 1. The molecule has 0 saturated heterocycles. The lowest BCUT2D eigenvalue weighted by atomic mass is 10.2. The number of anilines is 1. The number of amides is 1. The van der Waals surface area contributed by atoms with Gasteiger partial charge in [0, 0.05) is 24.8 Å². The van der Waals surface area contributed by atoms with E-state index in [0.717, 1.165) is 11.3 Å².